The van der Waals surface area contributed by atoms with Gasteiger partial charge in [-0.25, -0.2) is 0 Å². The Morgan fingerprint density at radius 3 is 2.24 bits per heavy atom. The van der Waals surface area contributed by atoms with E-state index in [1.807, 2.05) is 32.9 Å². The van der Waals surface area contributed by atoms with Crippen LogP contribution in [0.1, 0.15) is 39.2 Å². The zero-order valence-electron chi connectivity index (χ0n) is 10.3. The zero-order valence-corrected chi connectivity index (χ0v) is 11.8. The number of hydrogen-bond donors (Lipinski definition) is 1. The summed E-state index contributed by atoms with van der Waals surface area (Å²) in [7, 11) is 0. The molecular formula is C13H17Cl2NO. The maximum atomic E-state index is 11.6. The van der Waals surface area contributed by atoms with Crippen LogP contribution in [0.15, 0.2) is 18.2 Å². The Bertz CT molecular complexity index is 396. The average molecular weight is 274 g/mol. The highest BCUT2D eigenvalue weighted by Gasteiger charge is 2.23. The van der Waals surface area contributed by atoms with Gasteiger partial charge in [0.1, 0.15) is 0 Å². The van der Waals surface area contributed by atoms with Crippen LogP contribution in [0.2, 0.25) is 10.0 Å². The monoisotopic (exact) mass is 273 g/mol. The molecule has 94 valence electrons. The van der Waals surface area contributed by atoms with Gasteiger partial charge >= 0.3 is 0 Å². The van der Waals surface area contributed by atoms with Crippen molar-refractivity contribution in [3.8, 4) is 0 Å². The van der Waals surface area contributed by atoms with Crippen molar-refractivity contribution in [3.63, 3.8) is 0 Å². The van der Waals surface area contributed by atoms with Gasteiger partial charge in [-0.1, -0.05) is 30.1 Å². The molecule has 0 atom stereocenters. The topological polar surface area (TPSA) is 29.1 Å². The van der Waals surface area contributed by atoms with E-state index >= 15 is 0 Å². The van der Waals surface area contributed by atoms with Crippen molar-refractivity contribution < 1.29 is 4.79 Å². The molecule has 0 heterocycles. The third-order valence-electron chi connectivity index (χ3n) is 2.51. The van der Waals surface area contributed by atoms with Crippen molar-refractivity contribution >= 4 is 29.1 Å². The maximum Gasteiger partial charge on any atom is 0.220 e. The third kappa shape index (κ3) is 4.21. The van der Waals surface area contributed by atoms with Gasteiger partial charge in [0.25, 0.3) is 0 Å². The van der Waals surface area contributed by atoms with E-state index in [-0.39, 0.29) is 5.91 Å². The summed E-state index contributed by atoms with van der Waals surface area (Å²) in [6.07, 6.45) is 1.36. The minimum atomic E-state index is -0.471. The van der Waals surface area contributed by atoms with Gasteiger partial charge < -0.3 is 5.32 Å². The number of halogens is 2. The standard InChI is InChI=1S/C13H17Cl2NO/c1-4-5-12(17)16-13(2,3)9-6-10(14)8-11(15)7-9/h6-8H,4-5H2,1-3H3,(H,16,17). The van der Waals surface area contributed by atoms with E-state index in [2.05, 4.69) is 5.32 Å². The highest BCUT2D eigenvalue weighted by atomic mass is 35.5. The maximum absolute atomic E-state index is 11.6. The molecule has 17 heavy (non-hydrogen) atoms. The normalized spacial score (nSPS) is 11.4. The molecule has 1 aromatic rings. The molecule has 0 aliphatic rings. The lowest BCUT2D eigenvalue weighted by atomic mass is 9.94. The lowest BCUT2D eigenvalue weighted by Gasteiger charge is -2.27. The van der Waals surface area contributed by atoms with Crippen LogP contribution in [-0.4, -0.2) is 5.91 Å². The van der Waals surface area contributed by atoms with Gasteiger partial charge in [-0.15, -0.1) is 0 Å². The molecule has 0 spiro atoms. The second kappa shape index (κ2) is 5.74. The lowest BCUT2D eigenvalue weighted by molar-refractivity contribution is -0.122. The van der Waals surface area contributed by atoms with Crippen molar-refractivity contribution in [1.29, 1.82) is 0 Å². The van der Waals surface area contributed by atoms with Gasteiger partial charge in [0.2, 0.25) is 5.91 Å². The largest absolute Gasteiger partial charge is 0.347 e. The zero-order chi connectivity index (χ0) is 13.1. The molecular weight excluding hydrogens is 257 g/mol. The minimum absolute atomic E-state index is 0.0357. The molecule has 0 aliphatic carbocycles. The number of benzene rings is 1. The highest BCUT2D eigenvalue weighted by molar-refractivity contribution is 6.34. The fourth-order valence-corrected chi connectivity index (χ4v) is 2.15. The molecule has 0 aromatic heterocycles. The predicted octanol–water partition coefficient (Wildman–Crippen LogP) is 4.14. The lowest BCUT2D eigenvalue weighted by Crippen LogP contribution is -2.40. The fraction of sp³-hybridized carbons (Fsp3) is 0.462. The number of hydrogen-bond acceptors (Lipinski definition) is 1. The fourth-order valence-electron chi connectivity index (χ4n) is 1.62. The van der Waals surface area contributed by atoms with Gasteiger partial charge in [-0.2, -0.15) is 0 Å². The van der Waals surface area contributed by atoms with Gasteiger partial charge in [0, 0.05) is 16.5 Å². The van der Waals surface area contributed by atoms with Crippen LogP contribution in [0, 0.1) is 0 Å². The van der Waals surface area contributed by atoms with Crippen LogP contribution in [0.25, 0.3) is 0 Å². The molecule has 0 fully saturated rings. The third-order valence-corrected chi connectivity index (χ3v) is 2.95. The SMILES string of the molecule is CCCC(=O)NC(C)(C)c1cc(Cl)cc(Cl)c1. The first kappa shape index (κ1) is 14.3. The van der Waals surface area contributed by atoms with Crippen molar-refractivity contribution in [2.75, 3.05) is 0 Å². The first-order valence-corrected chi connectivity index (χ1v) is 6.38. The molecule has 0 radical (unpaired) electrons. The molecule has 1 N–H and O–H groups in total. The summed E-state index contributed by atoms with van der Waals surface area (Å²) >= 11 is 11.9. The van der Waals surface area contributed by atoms with E-state index in [9.17, 15) is 4.79 Å². The number of amides is 1. The summed E-state index contributed by atoms with van der Waals surface area (Å²) < 4.78 is 0. The number of nitrogens with one attached hydrogen (secondary N) is 1. The second-order valence-corrected chi connectivity index (χ2v) is 5.45. The van der Waals surface area contributed by atoms with Crippen LogP contribution in [-0.2, 0) is 10.3 Å². The Morgan fingerprint density at radius 1 is 1.24 bits per heavy atom. The summed E-state index contributed by atoms with van der Waals surface area (Å²) in [5.41, 5.74) is 0.431. The highest BCUT2D eigenvalue weighted by Crippen LogP contribution is 2.27. The average Bonchev–Trinajstić information content (AvgIpc) is 2.15. The summed E-state index contributed by atoms with van der Waals surface area (Å²) in [4.78, 5) is 11.6. The van der Waals surface area contributed by atoms with E-state index < -0.39 is 5.54 Å². The number of carbonyl (C=O) groups is 1. The van der Waals surface area contributed by atoms with E-state index in [4.69, 9.17) is 23.2 Å². The van der Waals surface area contributed by atoms with E-state index in [1.54, 1.807) is 6.07 Å². The van der Waals surface area contributed by atoms with E-state index in [1.165, 1.54) is 0 Å². The second-order valence-electron chi connectivity index (χ2n) is 4.58. The van der Waals surface area contributed by atoms with Crippen molar-refractivity contribution in [2.45, 2.75) is 39.2 Å². The quantitative estimate of drug-likeness (QED) is 0.878. The van der Waals surface area contributed by atoms with Gasteiger partial charge in [-0.3, -0.25) is 4.79 Å². The molecule has 1 aromatic carbocycles. The molecule has 4 heteroatoms. The Balaban J connectivity index is 2.92. The Labute approximate surface area is 112 Å². The first-order chi connectivity index (χ1) is 7.85. The molecule has 1 rings (SSSR count). The van der Waals surface area contributed by atoms with Crippen LogP contribution in [0.3, 0.4) is 0 Å². The predicted molar refractivity (Wildman–Crippen MR) is 72.5 cm³/mol. The Hall–Kier alpha value is -0.730. The summed E-state index contributed by atoms with van der Waals surface area (Å²) in [5.74, 6) is 0.0357. The van der Waals surface area contributed by atoms with Crippen LogP contribution in [0.5, 0.6) is 0 Å². The summed E-state index contributed by atoms with van der Waals surface area (Å²) in [5, 5.41) is 4.12. The number of rotatable bonds is 4. The van der Waals surface area contributed by atoms with Gasteiger partial charge in [-0.05, 0) is 44.0 Å². The van der Waals surface area contributed by atoms with Crippen LogP contribution in [0.4, 0.5) is 0 Å². The molecule has 0 saturated heterocycles. The molecule has 0 unspecified atom stereocenters. The van der Waals surface area contributed by atoms with Crippen LogP contribution < -0.4 is 5.32 Å². The van der Waals surface area contributed by atoms with Crippen molar-refractivity contribution in [1.82, 2.24) is 5.32 Å². The minimum Gasteiger partial charge on any atom is -0.347 e. The molecule has 0 aliphatic heterocycles. The van der Waals surface area contributed by atoms with E-state index in [0.717, 1.165) is 12.0 Å². The van der Waals surface area contributed by atoms with Crippen LogP contribution >= 0.6 is 23.2 Å². The molecule has 0 bridgehead atoms. The van der Waals surface area contributed by atoms with Crippen molar-refractivity contribution in [2.24, 2.45) is 0 Å². The molecule has 1 amide bonds. The summed E-state index contributed by atoms with van der Waals surface area (Å²) in [6.45, 7) is 5.84. The number of carbonyl (C=O) groups excluding carboxylic acids is 1. The Morgan fingerprint density at radius 2 is 1.76 bits per heavy atom. The first-order valence-electron chi connectivity index (χ1n) is 5.62. The molecule has 2 nitrogen and oxygen atoms in total. The van der Waals surface area contributed by atoms with Gasteiger partial charge in [0.15, 0.2) is 0 Å². The Kier molecular flexibility index (Phi) is 4.84. The van der Waals surface area contributed by atoms with E-state index in [0.29, 0.717) is 16.5 Å². The smallest absolute Gasteiger partial charge is 0.220 e. The van der Waals surface area contributed by atoms with Crippen molar-refractivity contribution in [3.05, 3.63) is 33.8 Å². The summed E-state index contributed by atoms with van der Waals surface area (Å²) in [6, 6.07) is 5.32. The molecule has 0 saturated carbocycles. The van der Waals surface area contributed by atoms with Gasteiger partial charge in [0.05, 0.1) is 5.54 Å².